The van der Waals surface area contributed by atoms with Crippen molar-refractivity contribution in [3.05, 3.63) is 11.9 Å². The molecule has 2 N–H and O–H groups in total. The van der Waals surface area contributed by atoms with Crippen LogP contribution in [0.2, 0.25) is 0 Å². The highest BCUT2D eigenvalue weighted by Crippen LogP contribution is 2.23. The molecule has 4 nitrogen and oxygen atoms in total. The molecule has 0 amide bonds. The van der Waals surface area contributed by atoms with E-state index in [1.54, 1.807) is 0 Å². The minimum atomic E-state index is -0.0458. The summed E-state index contributed by atoms with van der Waals surface area (Å²) >= 11 is 0. The van der Waals surface area contributed by atoms with Crippen LogP contribution in [0.4, 0.5) is 11.6 Å². The Bertz CT molecular complexity index is 392. The first-order valence-corrected chi connectivity index (χ1v) is 7.30. The summed E-state index contributed by atoms with van der Waals surface area (Å²) < 4.78 is 0. The molecule has 1 heterocycles. The van der Waals surface area contributed by atoms with Crippen LogP contribution >= 0.6 is 0 Å². The van der Waals surface area contributed by atoms with E-state index >= 15 is 0 Å². The van der Waals surface area contributed by atoms with Crippen molar-refractivity contribution >= 4 is 11.6 Å². The van der Waals surface area contributed by atoms with Gasteiger partial charge in [0, 0.05) is 24.1 Å². The number of rotatable bonds is 6. The van der Waals surface area contributed by atoms with E-state index in [1.165, 1.54) is 0 Å². The standard InChI is InChI=1S/C15H28N4/c1-7-11(8-2)17-13-10-12(16-9-3)18-14(19-13)15(4,5)6/h10-11H,7-9H2,1-6H3,(H2,16,17,18,19). The van der Waals surface area contributed by atoms with Gasteiger partial charge in [-0.3, -0.25) is 0 Å². The lowest BCUT2D eigenvalue weighted by Crippen LogP contribution is -2.22. The van der Waals surface area contributed by atoms with Crippen LogP contribution in [-0.4, -0.2) is 22.6 Å². The van der Waals surface area contributed by atoms with Crippen molar-refractivity contribution in [2.45, 2.75) is 65.8 Å². The highest BCUT2D eigenvalue weighted by atomic mass is 15.1. The second-order valence-corrected chi connectivity index (χ2v) is 5.90. The Morgan fingerprint density at radius 3 is 2.11 bits per heavy atom. The highest BCUT2D eigenvalue weighted by molar-refractivity contribution is 5.48. The zero-order valence-corrected chi connectivity index (χ0v) is 13.2. The maximum Gasteiger partial charge on any atom is 0.138 e. The molecule has 108 valence electrons. The molecule has 0 bridgehead atoms. The molecule has 0 spiro atoms. The molecule has 0 aliphatic heterocycles. The van der Waals surface area contributed by atoms with Gasteiger partial charge in [-0.05, 0) is 19.8 Å². The SMILES string of the molecule is CCNc1cc(NC(CC)CC)nc(C(C)(C)C)n1. The second kappa shape index (κ2) is 6.73. The second-order valence-electron chi connectivity index (χ2n) is 5.90. The predicted molar refractivity (Wildman–Crippen MR) is 82.9 cm³/mol. The zero-order chi connectivity index (χ0) is 14.5. The van der Waals surface area contributed by atoms with E-state index in [-0.39, 0.29) is 5.41 Å². The molecule has 1 aromatic rings. The lowest BCUT2D eigenvalue weighted by molar-refractivity contribution is 0.545. The summed E-state index contributed by atoms with van der Waals surface area (Å²) in [6.45, 7) is 13.7. The van der Waals surface area contributed by atoms with E-state index in [2.05, 4.69) is 62.1 Å². The van der Waals surface area contributed by atoms with Crippen molar-refractivity contribution in [3.63, 3.8) is 0 Å². The lowest BCUT2D eigenvalue weighted by atomic mass is 9.96. The Morgan fingerprint density at radius 2 is 1.63 bits per heavy atom. The lowest BCUT2D eigenvalue weighted by Gasteiger charge is -2.21. The Morgan fingerprint density at radius 1 is 1.05 bits per heavy atom. The first-order chi connectivity index (χ1) is 8.90. The van der Waals surface area contributed by atoms with E-state index in [9.17, 15) is 0 Å². The number of hydrogen-bond donors (Lipinski definition) is 2. The number of anilines is 2. The molecule has 0 aliphatic rings. The monoisotopic (exact) mass is 264 g/mol. The predicted octanol–water partition coefficient (Wildman–Crippen LogP) is 3.81. The van der Waals surface area contributed by atoms with Crippen LogP contribution in [0.1, 0.15) is 60.2 Å². The molecule has 0 atom stereocenters. The third-order valence-electron chi connectivity index (χ3n) is 3.09. The minimum absolute atomic E-state index is 0.0458. The van der Waals surface area contributed by atoms with E-state index in [1.807, 2.05) is 6.07 Å². The molecule has 0 unspecified atom stereocenters. The van der Waals surface area contributed by atoms with Crippen molar-refractivity contribution in [1.29, 1.82) is 0 Å². The van der Waals surface area contributed by atoms with Crippen molar-refractivity contribution in [3.8, 4) is 0 Å². The third-order valence-corrected chi connectivity index (χ3v) is 3.09. The van der Waals surface area contributed by atoms with Gasteiger partial charge in [0.05, 0.1) is 0 Å². The third kappa shape index (κ3) is 4.69. The first-order valence-electron chi connectivity index (χ1n) is 7.30. The summed E-state index contributed by atoms with van der Waals surface area (Å²) in [6.07, 6.45) is 2.20. The van der Waals surface area contributed by atoms with Gasteiger partial charge in [0.2, 0.25) is 0 Å². The summed E-state index contributed by atoms with van der Waals surface area (Å²) in [7, 11) is 0. The van der Waals surface area contributed by atoms with E-state index in [0.29, 0.717) is 6.04 Å². The quantitative estimate of drug-likeness (QED) is 0.820. The molecule has 1 aromatic heterocycles. The largest absolute Gasteiger partial charge is 0.370 e. The number of nitrogens with one attached hydrogen (secondary N) is 2. The molecular weight excluding hydrogens is 236 g/mol. The van der Waals surface area contributed by atoms with Crippen molar-refractivity contribution in [2.24, 2.45) is 0 Å². The van der Waals surface area contributed by atoms with Gasteiger partial charge in [-0.15, -0.1) is 0 Å². The topological polar surface area (TPSA) is 49.8 Å². The fourth-order valence-corrected chi connectivity index (χ4v) is 1.83. The van der Waals surface area contributed by atoms with Gasteiger partial charge < -0.3 is 10.6 Å². The van der Waals surface area contributed by atoms with Gasteiger partial charge in [0.15, 0.2) is 0 Å². The molecule has 0 saturated carbocycles. The fraction of sp³-hybridized carbons (Fsp3) is 0.733. The molecule has 1 rings (SSSR count). The minimum Gasteiger partial charge on any atom is -0.370 e. The van der Waals surface area contributed by atoms with Crippen LogP contribution in [0, 0.1) is 0 Å². The van der Waals surface area contributed by atoms with E-state index in [0.717, 1.165) is 36.8 Å². The average Bonchev–Trinajstić information content (AvgIpc) is 2.35. The number of nitrogens with zero attached hydrogens (tertiary/aromatic N) is 2. The summed E-state index contributed by atoms with van der Waals surface area (Å²) in [4.78, 5) is 9.25. The Kier molecular flexibility index (Phi) is 5.58. The number of aromatic nitrogens is 2. The van der Waals surface area contributed by atoms with Gasteiger partial charge in [-0.1, -0.05) is 34.6 Å². The van der Waals surface area contributed by atoms with Crippen molar-refractivity contribution in [2.75, 3.05) is 17.2 Å². The van der Waals surface area contributed by atoms with Crippen LogP contribution < -0.4 is 10.6 Å². The molecule has 4 heteroatoms. The van der Waals surface area contributed by atoms with Gasteiger partial charge in [-0.2, -0.15) is 0 Å². The summed E-state index contributed by atoms with van der Waals surface area (Å²) in [5.41, 5.74) is -0.0458. The zero-order valence-electron chi connectivity index (χ0n) is 13.2. The molecule has 19 heavy (non-hydrogen) atoms. The van der Waals surface area contributed by atoms with Gasteiger partial charge >= 0.3 is 0 Å². The maximum atomic E-state index is 4.66. The summed E-state index contributed by atoms with van der Waals surface area (Å²) in [5, 5.41) is 6.78. The van der Waals surface area contributed by atoms with E-state index < -0.39 is 0 Å². The molecule has 0 aliphatic carbocycles. The Labute approximate surface area is 117 Å². The molecular formula is C15H28N4. The molecule has 0 radical (unpaired) electrons. The van der Waals surface area contributed by atoms with Gasteiger partial charge in [-0.25, -0.2) is 9.97 Å². The normalized spacial score (nSPS) is 11.7. The summed E-state index contributed by atoms with van der Waals surface area (Å²) in [5.74, 6) is 2.69. The maximum absolute atomic E-state index is 4.66. The van der Waals surface area contributed by atoms with Gasteiger partial charge in [0.25, 0.3) is 0 Å². The van der Waals surface area contributed by atoms with Crippen molar-refractivity contribution in [1.82, 2.24) is 9.97 Å². The van der Waals surface area contributed by atoms with Crippen LogP contribution in [0.5, 0.6) is 0 Å². The highest BCUT2D eigenvalue weighted by Gasteiger charge is 2.19. The van der Waals surface area contributed by atoms with Gasteiger partial charge in [0.1, 0.15) is 17.5 Å². The van der Waals surface area contributed by atoms with Crippen LogP contribution in [-0.2, 0) is 5.41 Å². The van der Waals surface area contributed by atoms with E-state index in [4.69, 9.17) is 0 Å². The first kappa shape index (κ1) is 15.7. The molecule has 0 saturated heterocycles. The number of hydrogen-bond acceptors (Lipinski definition) is 4. The van der Waals surface area contributed by atoms with Crippen LogP contribution in [0.15, 0.2) is 6.07 Å². The summed E-state index contributed by atoms with van der Waals surface area (Å²) in [6, 6.07) is 2.47. The molecule has 0 fully saturated rings. The molecule has 0 aromatic carbocycles. The Hall–Kier alpha value is -1.32. The Balaban J connectivity index is 3.05. The van der Waals surface area contributed by atoms with Crippen LogP contribution in [0.3, 0.4) is 0 Å². The van der Waals surface area contributed by atoms with Crippen LogP contribution in [0.25, 0.3) is 0 Å². The average molecular weight is 264 g/mol. The fourth-order valence-electron chi connectivity index (χ4n) is 1.83. The smallest absolute Gasteiger partial charge is 0.138 e. The van der Waals surface area contributed by atoms with Crippen molar-refractivity contribution < 1.29 is 0 Å².